The lowest BCUT2D eigenvalue weighted by Crippen LogP contribution is -2.29. The molecule has 3 heterocycles. The second kappa shape index (κ2) is 5.13. The Morgan fingerprint density at radius 3 is 2.90 bits per heavy atom. The van der Waals surface area contributed by atoms with Crippen LogP contribution in [0.2, 0.25) is 0 Å². The van der Waals surface area contributed by atoms with Gasteiger partial charge in [-0.05, 0) is 19.1 Å². The van der Waals surface area contributed by atoms with Gasteiger partial charge in [-0.2, -0.15) is 5.10 Å². The molecule has 0 aliphatic carbocycles. The van der Waals surface area contributed by atoms with Gasteiger partial charge in [-0.25, -0.2) is 4.98 Å². The van der Waals surface area contributed by atoms with Crippen LogP contribution in [-0.4, -0.2) is 45.2 Å². The van der Waals surface area contributed by atoms with Crippen LogP contribution >= 0.6 is 0 Å². The summed E-state index contributed by atoms with van der Waals surface area (Å²) in [5, 5.41) is 14.2. The van der Waals surface area contributed by atoms with Crippen molar-refractivity contribution < 1.29 is 9.84 Å². The fourth-order valence-electron chi connectivity index (χ4n) is 2.40. The molecule has 0 spiro atoms. The van der Waals surface area contributed by atoms with Crippen LogP contribution in [0.25, 0.3) is 0 Å². The maximum absolute atomic E-state index is 10.1. The Labute approximate surface area is 117 Å². The minimum Gasteiger partial charge on any atom is -0.482 e. The molecule has 1 aliphatic heterocycles. The molecule has 1 saturated heterocycles. The number of rotatable bonds is 3. The van der Waals surface area contributed by atoms with Crippen molar-refractivity contribution in [3.63, 3.8) is 0 Å². The molecule has 0 unspecified atom stereocenters. The van der Waals surface area contributed by atoms with Crippen LogP contribution in [0.15, 0.2) is 30.6 Å². The van der Waals surface area contributed by atoms with Gasteiger partial charge in [0.15, 0.2) is 5.75 Å². The smallest absolute Gasteiger partial charge is 0.157 e. The summed E-state index contributed by atoms with van der Waals surface area (Å²) in [6, 6.07) is 5.88. The Bertz CT molecular complexity index is 598. The molecule has 6 nitrogen and oxygen atoms in total. The van der Waals surface area contributed by atoms with E-state index in [1.165, 1.54) is 0 Å². The van der Waals surface area contributed by atoms with Gasteiger partial charge in [0.05, 0.1) is 18.9 Å². The molecular formula is C14H18N4O2. The Morgan fingerprint density at radius 1 is 1.35 bits per heavy atom. The molecule has 0 saturated carbocycles. The highest BCUT2D eigenvalue weighted by molar-refractivity contribution is 5.41. The quantitative estimate of drug-likeness (QED) is 0.895. The number of aromatic nitrogens is 3. The highest BCUT2D eigenvalue weighted by Gasteiger charge is 2.34. The lowest BCUT2D eigenvalue weighted by Gasteiger charge is -2.17. The summed E-state index contributed by atoms with van der Waals surface area (Å²) < 4.78 is 7.46. The van der Waals surface area contributed by atoms with Crippen LogP contribution in [0.4, 0.5) is 5.82 Å². The summed E-state index contributed by atoms with van der Waals surface area (Å²) in [7, 11) is 1.83. The van der Waals surface area contributed by atoms with Gasteiger partial charge >= 0.3 is 0 Å². The number of aliphatic hydroxyl groups is 1. The predicted molar refractivity (Wildman–Crippen MR) is 74.8 cm³/mol. The van der Waals surface area contributed by atoms with Crippen molar-refractivity contribution in [3.05, 3.63) is 36.3 Å². The van der Waals surface area contributed by atoms with Crippen molar-refractivity contribution in [1.29, 1.82) is 0 Å². The Morgan fingerprint density at radius 2 is 2.20 bits per heavy atom. The second-order valence-corrected chi connectivity index (χ2v) is 5.12. The normalized spacial score (nSPS) is 22.2. The van der Waals surface area contributed by atoms with Crippen LogP contribution in [0, 0.1) is 6.92 Å². The predicted octanol–water partition coefficient (Wildman–Crippen LogP) is 0.752. The maximum Gasteiger partial charge on any atom is 0.157 e. The molecule has 6 heteroatoms. The highest BCUT2D eigenvalue weighted by atomic mass is 16.5. The van der Waals surface area contributed by atoms with Crippen molar-refractivity contribution in [3.8, 4) is 5.75 Å². The van der Waals surface area contributed by atoms with E-state index in [1.807, 2.05) is 37.1 Å². The molecule has 3 rings (SSSR count). The van der Waals surface area contributed by atoms with Gasteiger partial charge in [0.25, 0.3) is 0 Å². The third-order valence-electron chi connectivity index (χ3n) is 3.40. The van der Waals surface area contributed by atoms with Crippen molar-refractivity contribution in [1.82, 2.24) is 14.8 Å². The number of β-amino-alcohol motifs (C(OH)–C–C–N with tert-alkyl or cyclic N) is 1. The largest absolute Gasteiger partial charge is 0.482 e. The first-order chi connectivity index (χ1) is 9.61. The molecule has 2 atom stereocenters. The monoisotopic (exact) mass is 274 g/mol. The Hall–Kier alpha value is -2.08. The van der Waals surface area contributed by atoms with Gasteiger partial charge < -0.3 is 14.7 Å². The summed E-state index contributed by atoms with van der Waals surface area (Å²) >= 11 is 0. The molecule has 0 radical (unpaired) electrons. The molecule has 1 fully saturated rings. The number of hydrogen-bond donors (Lipinski definition) is 1. The van der Waals surface area contributed by atoms with E-state index in [0.29, 0.717) is 18.8 Å². The Kier molecular flexibility index (Phi) is 3.31. The van der Waals surface area contributed by atoms with E-state index in [-0.39, 0.29) is 6.10 Å². The fourth-order valence-corrected chi connectivity index (χ4v) is 2.40. The zero-order chi connectivity index (χ0) is 14.1. The lowest BCUT2D eigenvalue weighted by molar-refractivity contribution is 0.0737. The lowest BCUT2D eigenvalue weighted by atomic mass is 10.3. The van der Waals surface area contributed by atoms with E-state index in [4.69, 9.17) is 4.74 Å². The zero-order valence-corrected chi connectivity index (χ0v) is 11.6. The van der Waals surface area contributed by atoms with Gasteiger partial charge in [-0.15, -0.1) is 0 Å². The van der Waals surface area contributed by atoms with Gasteiger partial charge in [0.2, 0.25) is 0 Å². The Balaban J connectivity index is 1.70. The molecule has 0 amide bonds. The second-order valence-electron chi connectivity index (χ2n) is 5.12. The summed E-state index contributed by atoms with van der Waals surface area (Å²) in [5.74, 6) is 1.55. The van der Waals surface area contributed by atoms with Crippen molar-refractivity contribution in [2.24, 2.45) is 7.05 Å². The number of pyridine rings is 1. The van der Waals surface area contributed by atoms with Crippen LogP contribution in [0.3, 0.4) is 0 Å². The molecule has 2 aromatic heterocycles. The third kappa shape index (κ3) is 2.60. The number of aryl methyl sites for hydroxylation is 2. The zero-order valence-electron chi connectivity index (χ0n) is 11.6. The summed E-state index contributed by atoms with van der Waals surface area (Å²) in [6.45, 7) is 3.10. The van der Waals surface area contributed by atoms with E-state index in [1.54, 1.807) is 17.1 Å². The molecule has 20 heavy (non-hydrogen) atoms. The van der Waals surface area contributed by atoms with Crippen LogP contribution in [-0.2, 0) is 7.05 Å². The third-order valence-corrected chi connectivity index (χ3v) is 3.40. The summed E-state index contributed by atoms with van der Waals surface area (Å²) in [4.78, 5) is 6.52. The number of anilines is 1. The van der Waals surface area contributed by atoms with Crippen LogP contribution < -0.4 is 9.64 Å². The standard InChI is InChI=1S/C14H18N4O2/c1-10-4-3-5-14(16-10)18-8-12(19)13(9-18)20-11-6-15-17(2)7-11/h3-7,12-13,19H,8-9H2,1-2H3/t12-,13-/m1/s1. The van der Waals surface area contributed by atoms with E-state index in [2.05, 4.69) is 10.1 Å². The number of ether oxygens (including phenoxy) is 1. The SMILES string of the molecule is Cc1cccc(N2C[C@@H](O)[C@H](Oc3cnn(C)c3)C2)n1. The fraction of sp³-hybridized carbons (Fsp3) is 0.429. The first kappa shape index (κ1) is 12.9. The summed E-state index contributed by atoms with van der Waals surface area (Å²) in [6.07, 6.45) is 2.65. The molecule has 2 aromatic rings. The van der Waals surface area contributed by atoms with E-state index in [9.17, 15) is 5.11 Å². The van der Waals surface area contributed by atoms with E-state index < -0.39 is 6.10 Å². The van der Waals surface area contributed by atoms with Crippen LogP contribution in [0.5, 0.6) is 5.75 Å². The number of hydrogen-bond acceptors (Lipinski definition) is 5. The summed E-state index contributed by atoms with van der Waals surface area (Å²) in [5.41, 5.74) is 0.966. The van der Waals surface area contributed by atoms with Crippen LogP contribution in [0.1, 0.15) is 5.69 Å². The highest BCUT2D eigenvalue weighted by Crippen LogP contribution is 2.22. The average Bonchev–Trinajstić information content (AvgIpc) is 2.97. The number of aliphatic hydroxyl groups excluding tert-OH is 1. The van der Waals surface area contributed by atoms with Gasteiger partial charge in [0.1, 0.15) is 18.0 Å². The van der Waals surface area contributed by atoms with Crippen molar-refractivity contribution in [2.45, 2.75) is 19.1 Å². The first-order valence-corrected chi connectivity index (χ1v) is 6.64. The molecule has 0 bridgehead atoms. The van der Waals surface area contributed by atoms with E-state index in [0.717, 1.165) is 11.5 Å². The molecule has 1 N–H and O–H groups in total. The molecule has 0 aromatic carbocycles. The molecule has 106 valence electrons. The molecular weight excluding hydrogens is 256 g/mol. The van der Waals surface area contributed by atoms with E-state index >= 15 is 0 Å². The first-order valence-electron chi connectivity index (χ1n) is 6.64. The molecule has 1 aliphatic rings. The van der Waals surface area contributed by atoms with Gasteiger partial charge in [-0.3, -0.25) is 4.68 Å². The average molecular weight is 274 g/mol. The topological polar surface area (TPSA) is 63.4 Å². The van der Waals surface area contributed by atoms with Crippen molar-refractivity contribution in [2.75, 3.05) is 18.0 Å². The minimum atomic E-state index is -0.530. The van der Waals surface area contributed by atoms with Gasteiger partial charge in [-0.1, -0.05) is 6.07 Å². The maximum atomic E-state index is 10.1. The van der Waals surface area contributed by atoms with Gasteiger partial charge in [0, 0.05) is 19.3 Å². The minimum absolute atomic E-state index is 0.262. The number of nitrogens with zero attached hydrogens (tertiary/aromatic N) is 4. The van der Waals surface area contributed by atoms with Crippen molar-refractivity contribution >= 4 is 5.82 Å².